The van der Waals surface area contributed by atoms with Crippen molar-refractivity contribution >= 4 is 23.2 Å². The normalized spacial score (nSPS) is 22.8. The van der Waals surface area contributed by atoms with Gasteiger partial charge < -0.3 is 9.80 Å². The lowest BCUT2D eigenvalue weighted by Crippen LogP contribution is -2.51. The quantitative estimate of drug-likeness (QED) is 0.277. The lowest BCUT2D eigenvalue weighted by Gasteiger charge is -2.44. The number of allylic oxidation sites excluding steroid dienone is 1. The van der Waals surface area contributed by atoms with Crippen molar-refractivity contribution in [3.8, 4) is 10.4 Å². The van der Waals surface area contributed by atoms with Gasteiger partial charge in [0.25, 0.3) is 11.8 Å². The fourth-order valence-corrected chi connectivity index (χ4v) is 8.04. The highest BCUT2D eigenvalue weighted by Crippen LogP contribution is 2.44. The molecule has 206 valence electrons. The molecule has 3 heterocycles. The fourth-order valence-electron chi connectivity index (χ4n) is 7.07. The Kier molecular flexibility index (Phi) is 7.75. The summed E-state index contributed by atoms with van der Waals surface area (Å²) in [5, 5.41) is 0. The number of amides is 2. The maximum atomic E-state index is 14.0. The molecule has 2 aliphatic heterocycles. The smallest absolute Gasteiger partial charge is 0.264 e. The largest absolute Gasteiger partial charge is 0.331 e. The third-order valence-electron chi connectivity index (χ3n) is 9.02. The summed E-state index contributed by atoms with van der Waals surface area (Å²) in [6.07, 6.45) is 14.0. The summed E-state index contributed by atoms with van der Waals surface area (Å²) < 4.78 is 0. The Hall–Kier alpha value is -3.44. The van der Waals surface area contributed by atoms with E-state index in [1.54, 1.807) is 11.3 Å². The van der Waals surface area contributed by atoms with Crippen molar-refractivity contribution in [2.24, 2.45) is 0 Å². The third-order valence-corrected chi connectivity index (χ3v) is 10.1. The van der Waals surface area contributed by atoms with Gasteiger partial charge in [-0.2, -0.15) is 0 Å². The molecule has 3 aliphatic rings. The van der Waals surface area contributed by atoms with E-state index in [4.69, 9.17) is 0 Å². The molecule has 6 rings (SSSR count). The van der Waals surface area contributed by atoms with E-state index in [0.717, 1.165) is 33.7 Å². The van der Waals surface area contributed by atoms with Gasteiger partial charge in [0.05, 0.1) is 17.0 Å². The number of nitrogens with zero attached hydrogens (tertiary/aromatic N) is 2. The Labute approximate surface area is 242 Å². The van der Waals surface area contributed by atoms with Crippen molar-refractivity contribution in [2.75, 3.05) is 6.54 Å². The highest BCUT2D eigenvalue weighted by atomic mass is 32.1. The number of hydrogen-bond acceptors (Lipinski definition) is 3. The van der Waals surface area contributed by atoms with E-state index in [9.17, 15) is 9.59 Å². The maximum absolute atomic E-state index is 14.0. The first kappa shape index (κ1) is 26.8. The molecule has 5 heteroatoms. The molecule has 0 N–H and O–H groups in total. The van der Waals surface area contributed by atoms with E-state index in [1.165, 1.54) is 43.2 Å². The van der Waals surface area contributed by atoms with Crippen LogP contribution in [0, 0.1) is 0 Å². The van der Waals surface area contributed by atoms with Crippen LogP contribution in [0.1, 0.15) is 95.0 Å². The van der Waals surface area contributed by atoms with Crippen LogP contribution in [0.15, 0.2) is 85.5 Å². The predicted octanol–water partition coefficient (Wildman–Crippen LogP) is 8.40. The van der Waals surface area contributed by atoms with Crippen LogP contribution in [0.3, 0.4) is 0 Å². The zero-order chi connectivity index (χ0) is 27.6. The first-order chi connectivity index (χ1) is 19.6. The summed E-state index contributed by atoms with van der Waals surface area (Å²) in [4.78, 5) is 33.2. The van der Waals surface area contributed by atoms with Crippen molar-refractivity contribution in [1.82, 2.24) is 9.80 Å². The van der Waals surface area contributed by atoms with Crippen LogP contribution in [0.25, 0.3) is 10.4 Å². The molecule has 0 spiro atoms. The SMILES string of the molecule is C=CCN(C(=O)c1ccc(-c2ccc(C3CCCCC3)cc2)s1)C1C[C@@H](C=CC)N2C(=O)c3ccccc3[C@@H]2C1. The molecule has 4 nitrogen and oxygen atoms in total. The number of fused-ring (bicyclic) bond motifs is 3. The number of hydrogen-bond donors (Lipinski definition) is 0. The molecule has 2 fully saturated rings. The maximum Gasteiger partial charge on any atom is 0.264 e. The number of carbonyl (C=O) groups is 2. The summed E-state index contributed by atoms with van der Waals surface area (Å²) in [7, 11) is 0. The number of carbonyl (C=O) groups excluding carboxylic acids is 2. The van der Waals surface area contributed by atoms with Gasteiger partial charge in [-0.1, -0.05) is 80.0 Å². The predicted molar refractivity (Wildman–Crippen MR) is 164 cm³/mol. The Morgan fingerprint density at radius 1 is 1.02 bits per heavy atom. The molecule has 3 aromatic rings. The number of piperidine rings is 1. The van der Waals surface area contributed by atoms with Crippen LogP contribution in [0.5, 0.6) is 0 Å². The highest BCUT2D eigenvalue weighted by molar-refractivity contribution is 7.17. The van der Waals surface area contributed by atoms with Crippen molar-refractivity contribution in [3.05, 3.63) is 107 Å². The molecule has 0 bridgehead atoms. The molecule has 2 amide bonds. The minimum absolute atomic E-state index is 0.00670. The van der Waals surface area contributed by atoms with Crippen molar-refractivity contribution < 1.29 is 9.59 Å². The van der Waals surface area contributed by atoms with Crippen LogP contribution in [-0.4, -0.2) is 40.2 Å². The molecule has 40 heavy (non-hydrogen) atoms. The van der Waals surface area contributed by atoms with Gasteiger partial charge >= 0.3 is 0 Å². The molecule has 1 unspecified atom stereocenters. The minimum Gasteiger partial charge on any atom is -0.331 e. The van der Waals surface area contributed by atoms with E-state index in [1.807, 2.05) is 53.1 Å². The lowest BCUT2D eigenvalue weighted by atomic mass is 9.84. The van der Waals surface area contributed by atoms with Gasteiger partial charge in [-0.05, 0) is 73.4 Å². The standard InChI is InChI=1S/C35H38N2O2S/c1-3-10-27-22-28(23-31-29-13-8-9-14-30(29)34(38)37(27)31)36(21-4-2)35(39)33-20-19-32(40-33)26-17-15-25(16-18-26)24-11-6-5-7-12-24/h3-4,8-10,13-20,24,27-28,31H,2,5-7,11-12,21-23H2,1H3/t27-,28?,31+/m1/s1. The van der Waals surface area contributed by atoms with E-state index in [0.29, 0.717) is 12.5 Å². The molecular formula is C35H38N2O2S. The minimum atomic E-state index is -0.0460. The van der Waals surface area contributed by atoms with Crippen LogP contribution >= 0.6 is 11.3 Å². The summed E-state index contributed by atoms with van der Waals surface area (Å²) in [5.41, 5.74) is 4.48. The van der Waals surface area contributed by atoms with Gasteiger partial charge in [0.15, 0.2) is 0 Å². The van der Waals surface area contributed by atoms with Crippen LogP contribution < -0.4 is 0 Å². The van der Waals surface area contributed by atoms with Gasteiger partial charge in [-0.25, -0.2) is 0 Å². The Morgan fingerprint density at radius 3 is 2.55 bits per heavy atom. The highest BCUT2D eigenvalue weighted by Gasteiger charge is 2.46. The fraction of sp³-hybridized carbons (Fsp3) is 0.371. The topological polar surface area (TPSA) is 40.6 Å². The Balaban J connectivity index is 1.23. The molecule has 3 atom stereocenters. The van der Waals surface area contributed by atoms with Crippen LogP contribution in [-0.2, 0) is 0 Å². The van der Waals surface area contributed by atoms with Crippen LogP contribution in [0.2, 0.25) is 0 Å². The van der Waals surface area contributed by atoms with E-state index >= 15 is 0 Å². The summed E-state index contributed by atoms with van der Waals surface area (Å²) in [5.74, 6) is 0.835. The molecule has 1 saturated carbocycles. The number of rotatable bonds is 7. The average Bonchev–Trinajstić information content (AvgIpc) is 3.60. The van der Waals surface area contributed by atoms with Crippen molar-refractivity contribution in [2.45, 2.75) is 75.9 Å². The Morgan fingerprint density at radius 2 is 1.80 bits per heavy atom. The van der Waals surface area contributed by atoms with Gasteiger partial charge in [0, 0.05) is 23.0 Å². The van der Waals surface area contributed by atoms with Gasteiger partial charge in [0.2, 0.25) is 0 Å². The number of thiophene rings is 1. The second-order valence-electron chi connectivity index (χ2n) is 11.4. The van der Waals surface area contributed by atoms with Crippen molar-refractivity contribution in [3.63, 3.8) is 0 Å². The molecule has 2 aromatic carbocycles. The van der Waals surface area contributed by atoms with E-state index in [2.05, 4.69) is 49.1 Å². The molecular weight excluding hydrogens is 512 g/mol. The average molecular weight is 551 g/mol. The molecule has 0 radical (unpaired) electrons. The van der Waals surface area contributed by atoms with E-state index in [-0.39, 0.29) is 29.9 Å². The first-order valence-corrected chi connectivity index (χ1v) is 15.6. The van der Waals surface area contributed by atoms with E-state index < -0.39 is 0 Å². The summed E-state index contributed by atoms with van der Waals surface area (Å²) in [6.45, 7) is 6.45. The monoisotopic (exact) mass is 550 g/mol. The lowest BCUT2D eigenvalue weighted by molar-refractivity contribution is 0.0350. The first-order valence-electron chi connectivity index (χ1n) is 14.8. The summed E-state index contributed by atoms with van der Waals surface area (Å²) in [6, 6.07) is 20.9. The molecule has 1 saturated heterocycles. The second-order valence-corrected chi connectivity index (χ2v) is 12.5. The van der Waals surface area contributed by atoms with Gasteiger partial charge in [-0.15, -0.1) is 17.9 Å². The summed E-state index contributed by atoms with van der Waals surface area (Å²) >= 11 is 1.57. The van der Waals surface area contributed by atoms with Crippen molar-refractivity contribution in [1.29, 1.82) is 0 Å². The molecule has 1 aliphatic carbocycles. The number of benzene rings is 2. The third kappa shape index (κ3) is 4.96. The zero-order valence-corrected chi connectivity index (χ0v) is 24.1. The van der Waals surface area contributed by atoms with Gasteiger partial charge in [0.1, 0.15) is 0 Å². The Bertz CT molecular complexity index is 1420. The second kappa shape index (κ2) is 11.6. The van der Waals surface area contributed by atoms with Gasteiger partial charge in [-0.3, -0.25) is 9.59 Å². The van der Waals surface area contributed by atoms with Crippen LogP contribution in [0.4, 0.5) is 0 Å². The zero-order valence-electron chi connectivity index (χ0n) is 23.3. The molecule has 1 aromatic heterocycles.